The van der Waals surface area contributed by atoms with Crippen molar-refractivity contribution in [1.29, 1.82) is 5.41 Å². The molecule has 1 fully saturated rings. The van der Waals surface area contributed by atoms with Gasteiger partial charge in [-0.25, -0.2) is 8.42 Å². The van der Waals surface area contributed by atoms with E-state index >= 15 is 0 Å². The van der Waals surface area contributed by atoms with Crippen LogP contribution >= 0.6 is 0 Å². The normalized spacial score (nSPS) is 19.3. The quantitative estimate of drug-likeness (QED) is 0.235. The summed E-state index contributed by atoms with van der Waals surface area (Å²) in [7, 11) is -2.33. The van der Waals surface area contributed by atoms with Crippen LogP contribution in [0.4, 0.5) is 0 Å². The van der Waals surface area contributed by atoms with Gasteiger partial charge in [0.15, 0.2) is 0 Å². The average Bonchev–Trinajstić information content (AvgIpc) is 3.16. The summed E-state index contributed by atoms with van der Waals surface area (Å²) in [4.78, 5) is 29.8. The Hall–Kier alpha value is -3.32. The lowest BCUT2D eigenvalue weighted by atomic mass is 9.99. The van der Waals surface area contributed by atoms with Gasteiger partial charge in [-0.15, -0.1) is 0 Å². The first-order valence-corrected chi connectivity index (χ1v) is 12.4. The minimum atomic E-state index is -4.09. The van der Waals surface area contributed by atoms with Crippen molar-refractivity contribution >= 4 is 27.7 Å². The summed E-state index contributed by atoms with van der Waals surface area (Å²) in [6.07, 6.45) is 0.0550. The number of hydroxylamine groups is 2. The van der Waals surface area contributed by atoms with Crippen molar-refractivity contribution in [3.8, 4) is 0 Å². The molecule has 1 aliphatic heterocycles. The summed E-state index contributed by atoms with van der Waals surface area (Å²) in [5.41, 5.74) is 7.75. The van der Waals surface area contributed by atoms with Crippen LogP contribution in [-0.4, -0.2) is 62.0 Å². The molecular weight excluding hydrogens is 474 g/mol. The molecule has 6 N–H and O–H groups in total. The lowest BCUT2D eigenvalue weighted by Gasteiger charge is -2.18. The van der Waals surface area contributed by atoms with Crippen molar-refractivity contribution in [2.24, 2.45) is 5.73 Å². The van der Waals surface area contributed by atoms with E-state index in [1.807, 2.05) is 12.1 Å². The Morgan fingerprint density at radius 1 is 1.26 bits per heavy atom. The molecule has 1 saturated heterocycles. The third-order valence-corrected chi connectivity index (χ3v) is 7.13. The number of rotatable bonds is 10. The number of carbonyl (C=O) groups is 2. The fourth-order valence-electron chi connectivity index (χ4n) is 3.81. The molecule has 0 spiro atoms. The van der Waals surface area contributed by atoms with Crippen LogP contribution in [0.2, 0.25) is 0 Å². The Morgan fingerprint density at radius 3 is 2.54 bits per heavy atom. The van der Waals surface area contributed by atoms with E-state index in [4.69, 9.17) is 16.0 Å². The molecular formula is C23H29N5O6S. The second-order valence-electron chi connectivity index (χ2n) is 8.40. The van der Waals surface area contributed by atoms with Crippen LogP contribution in [0.25, 0.3) is 0 Å². The molecule has 2 aromatic carbocycles. The highest BCUT2D eigenvalue weighted by Crippen LogP contribution is 2.34. The lowest BCUT2D eigenvalue weighted by molar-refractivity contribution is -0.152. The summed E-state index contributed by atoms with van der Waals surface area (Å²) in [6, 6.07) is 11.6. The molecule has 2 aromatic rings. The summed E-state index contributed by atoms with van der Waals surface area (Å²) < 4.78 is 27.2. The number of nitrogens with one attached hydrogen (secondary N) is 3. The monoisotopic (exact) mass is 503 g/mol. The minimum absolute atomic E-state index is 0.0245. The number of amides is 1. The second kappa shape index (κ2) is 11.0. The number of benzene rings is 2. The standard InChI is InChI=1S/C23H29N5O6S/c1-14-4-3-5-18(10-14)35(32,33)27-19(23(30)31)13-26-21(29)12-17-11-20(28(2)34-17)15-6-8-16(9-7-15)22(24)25/h3-10,17,19-20,27H,11-13H2,1-2H3,(H3,24,25)(H,26,29)(H,30,31)/t17-,19-,20+/m0/s1. The number of hydrogen-bond acceptors (Lipinski definition) is 7. The second-order valence-corrected chi connectivity index (χ2v) is 10.1. The smallest absolute Gasteiger partial charge is 0.323 e. The molecule has 0 aliphatic carbocycles. The number of aliphatic carboxylic acids is 1. The van der Waals surface area contributed by atoms with E-state index in [9.17, 15) is 23.1 Å². The number of hydrogen-bond donors (Lipinski definition) is 5. The molecule has 0 bridgehead atoms. The van der Waals surface area contributed by atoms with Crippen LogP contribution in [0.1, 0.15) is 35.6 Å². The van der Waals surface area contributed by atoms with Gasteiger partial charge in [0.25, 0.3) is 0 Å². The molecule has 0 aromatic heterocycles. The van der Waals surface area contributed by atoms with Gasteiger partial charge in [0.1, 0.15) is 11.9 Å². The summed E-state index contributed by atoms with van der Waals surface area (Å²) in [5.74, 6) is -1.90. The fourth-order valence-corrected chi connectivity index (χ4v) is 5.11. The summed E-state index contributed by atoms with van der Waals surface area (Å²) >= 11 is 0. The van der Waals surface area contributed by atoms with Crippen LogP contribution < -0.4 is 15.8 Å². The van der Waals surface area contributed by atoms with Crippen molar-refractivity contribution in [3.63, 3.8) is 0 Å². The van der Waals surface area contributed by atoms with Gasteiger partial charge in [-0.1, -0.05) is 36.4 Å². The van der Waals surface area contributed by atoms with Crippen LogP contribution in [0.15, 0.2) is 53.4 Å². The predicted molar refractivity (Wildman–Crippen MR) is 128 cm³/mol. The maximum atomic E-state index is 12.6. The zero-order chi connectivity index (χ0) is 25.8. The topological polar surface area (TPSA) is 175 Å². The molecule has 11 nitrogen and oxygen atoms in total. The number of carboxylic acids is 1. The molecule has 1 heterocycles. The Bertz CT molecular complexity index is 1200. The van der Waals surface area contributed by atoms with Gasteiger partial charge in [0.2, 0.25) is 15.9 Å². The highest BCUT2D eigenvalue weighted by atomic mass is 32.2. The summed E-state index contributed by atoms with van der Waals surface area (Å²) in [5, 5.41) is 21.1. The third-order valence-electron chi connectivity index (χ3n) is 5.66. The Labute approximate surface area is 203 Å². The predicted octanol–water partition coefficient (Wildman–Crippen LogP) is 0.894. The SMILES string of the molecule is Cc1cccc(S(=O)(=O)N[C@@H](CNC(=O)C[C@@H]2C[C@H](c3ccc(C(=N)N)cc3)N(C)O2)C(=O)O)c1. The first-order chi connectivity index (χ1) is 16.5. The number of carbonyl (C=O) groups excluding carboxylic acids is 1. The van der Waals surface area contributed by atoms with Crippen LogP contribution in [0.5, 0.6) is 0 Å². The zero-order valence-electron chi connectivity index (χ0n) is 19.4. The van der Waals surface area contributed by atoms with Crippen LogP contribution in [0, 0.1) is 12.3 Å². The Balaban J connectivity index is 1.55. The molecule has 1 aliphatic rings. The molecule has 3 rings (SSSR count). The molecule has 12 heteroatoms. The number of aryl methyl sites for hydroxylation is 1. The fraction of sp³-hybridized carbons (Fsp3) is 0.348. The van der Waals surface area contributed by atoms with E-state index in [2.05, 4.69) is 10.0 Å². The summed E-state index contributed by atoms with van der Waals surface area (Å²) in [6.45, 7) is 1.31. The average molecular weight is 504 g/mol. The number of sulfonamides is 1. The van der Waals surface area contributed by atoms with Crippen molar-refractivity contribution in [3.05, 3.63) is 65.2 Å². The molecule has 35 heavy (non-hydrogen) atoms. The zero-order valence-corrected chi connectivity index (χ0v) is 20.2. The van der Waals surface area contributed by atoms with Gasteiger partial charge in [-0.05, 0) is 36.6 Å². The maximum Gasteiger partial charge on any atom is 0.323 e. The number of nitrogens with zero attached hydrogens (tertiary/aromatic N) is 1. The van der Waals surface area contributed by atoms with Gasteiger partial charge in [-0.2, -0.15) is 9.79 Å². The molecule has 0 unspecified atom stereocenters. The van der Waals surface area contributed by atoms with Crippen molar-refractivity contribution in [2.75, 3.05) is 13.6 Å². The molecule has 1 amide bonds. The van der Waals surface area contributed by atoms with Crippen molar-refractivity contribution < 1.29 is 28.0 Å². The first-order valence-electron chi connectivity index (χ1n) is 10.9. The third kappa shape index (κ3) is 6.85. The van der Waals surface area contributed by atoms with E-state index < -0.39 is 40.6 Å². The van der Waals surface area contributed by atoms with Crippen LogP contribution in [0.3, 0.4) is 0 Å². The largest absolute Gasteiger partial charge is 0.480 e. The van der Waals surface area contributed by atoms with E-state index in [1.54, 1.807) is 43.3 Å². The molecule has 188 valence electrons. The first kappa shape index (κ1) is 26.3. The number of amidine groups is 1. The van der Waals surface area contributed by atoms with Crippen molar-refractivity contribution in [1.82, 2.24) is 15.1 Å². The molecule has 3 atom stereocenters. The van der Waals surface area contributed by atoms with E-state index in [0.29, 0.717) is 17.5 Å². The van der Waals surface area contributed by atoms with E-state index in [-0.39, 0.29) is 23.2 Å². The Morgan fingerprint density at radius 2 is 1.94 bits per heavy atom. The minimum Gasteiger partial charge on any atom is -0.480 e. The van der Waals surface area contributed by atoms with Gasteiger partial charge in [-0.3, -0.25) is 19.8 Å². The van der Waals surface area contributed by atoms with Crippen molar-refractivity contribution in [2.45, 2.75) is 42.8 Å². The van der Waals surface area contributed by atoms with Gasteiger partial charge < -0.3 is 16.2 Å². The van der Waals surface area contributed by atoms with Gasteiger partial charge >= 0.3 is 5.97 Å². The lowest BCUT2D eigenvalue weighted by Crippen LogP contribution is -2.48. The molecule has 0 saturated carbocycles. The van der Waals surface area contributed by atoms with Crippen LogP contribution in [-0.2, 0) is 24.4 Å². The van der Waals surface area contributed by atoms with Gasteiger partial charge in [0.05, 0.1) is 23.5 Å². The highest BCUT2D eigenvalue weighted by molar-refractivity contribution is 7.89. The highest BCUT2D eigenvalue weighted by Gasteiger charge is 2.34. The number of nitrogen functional groups attached to an aromatic ring is 1. The number of carboxylic acid groups (broad SMARTS) is 1. The number of nitrogens with two attached hydrogens (primary N) is 1. The maximum absolute atomic E-state index is 12.6. The van der Waals surface area contributed by atoms with E-state index in [1.165, 1.54) is 12.1 Å². The Kier molecular flexibility index (Phi) is 8.22. The molecule has 0 radical (unpaired) electrons. The van der Waals surface area contributed by atoms with Gasteiger partial charge in [0, 0.05) is 19.2 Å². The van der Waals surface area contributed by atoms with E-state index in [0.717, 1.165) is 5.56 Å².